The summed E-state index contributed by atoms with van der Waals surface area (Å²) in [5, 5.41) is 7.15. The first-order chi connectivity index (χ1) is 9.83. The molecule has 1 aliphatic carbocycles. The highest BCUT2D eigenvalue weighted by Crippen LogP contribution is 2.30. The lowest BCUT2D eigenvalue weighted by molar-refractivity contribution is -0.120. The predicted molar refractivity (Wildman–Crippen MR) is 83.2 cm³/mol. The summed E-state index contributed by atoms with van der Waals surface area (Å²) in [6.07, 6.45) is 4.07. The van der Waals surface area contributed by atoms with Crippen LogP contribution in [0.25, 0.3) is 0 Å². The Morgan fingerprint density at radius 3 is 3.05 bits per heavy atom. The van der Waals surface area contributed by atoms with Crippen molar-refractivity contribution < 1.29 is 4.79 Å². The van der Waals surface area contributed by atoms with Gasteiger partial charge in [-0.1, -0.05) is 24.3 Å². The van der Waals surface area contributed by atoms with E-state index in [1.807, 2.05) is 16.8 Å². The van der Waals surface area contributed by atoms with Gasteiger partial charge in [0.1, 0.15) is 0 Å². The lowest BCUT2D eigenvalue weighted by atomic mass is 9.83. The minimum atomic E-state index is 0.131. The summed E-state index contributed by atoms with van der Waals surface area (Å²) >= 11 is 1.64. The van der Waals surface area contributed by atoms with E-state index >= 15 is 0 Å². The molecule has 3 heteroatoms. The molecule has 0 spiro atoms. The van der Waals surface area contributed by atoms with Crippen LogP contribution in [-0.2, 0) is 17.6 Å². The van der Waals surface area contributed by atoms with Gasteiger partial charge in [-0.05, 0) is 52.8 Å². The van der Waals surface area contributed by atoms with E-state index in [0.29, 0.717) is 12.3 Å². The Hall–Kier alpha value is -1.61. The number of nitrogens with one attached hydrogen (secondary N) is 1. The molecule has 0 fully saturated rings. The van der Waals surface area contributed by atoms with Crippen LogP contribution in [0.5, 0.6) is 0 Å². The van der Waals surface area contributed by atoms with Crippen LogP contribution in [0.3, 0.4) is 0 Å². The van der Waals surface area contributed by atoms with Crippen LogP contribution in [0.2, 0.25) is 0 Å². The largest absolute Gasteiger partial charge is 0.355 e. The van der Waals surface area contributed by atoms with Crippen LogP contribution >= 0.6 is 11.3 Å². The van der Waals surface area contributed by atoms with Crippen LogP contribution in [0.15, 0.2) is 41.1 Å². The topological polar surface area (TPSA) is 29.1 Å². The highest BCUT2D eigenvalue weighted by molar-refractivity contribution is 7.07. The Kier molecular flexibility index (Phi) is 4.16. The SMILES string of the molecule is O=C(Cc1ccsc1)NCC1CCCc2ccccc21. The first kappa shape index (κ1) is 13.4. The molecule has 1 aromatic heterocycles. The monoisotopic (exact) mass is 285 g/mol. The number of thiophene rings is 1. The van der Waals surface area contributed by atoms with Crippen molar-refractivity contribution in [3.05, 3.63) is 57.8 Å². The number of rotatable bonds is 4. The van der Waals surface area contributed by atoms with Gasteiger partial charge >= 0.3 is 0 Å². The fourth-order valence-corrected chi connectivity index (χ4v) is 3.61. The molecule has 0 saturated heterocycles. The number of carbonyl (C=O) groups excluding carboxylic acids is 1. The van der Waals surface area contributed by atoms with Gasteiger partial charge in [0.15, 0.2) is 0 Å². The van der Waals surface area contributed by atoms with E-state index in [1.165, 1.54) is 30.4 Å². The van der Waals surface area contributed by atoms with E-state index in [-0.39, 0.29) is 5.91 Å². The zero-order valence-electron chi connectivity index (χ0n) is 11.5. The average Bonchev–Trinajstić information content (AvgIpc) is 2.98. The van der Waals surface area contributed by atoms with Gasteiger partial charge in [-0.15, -0.1) is 0 Å². The van der Waals surface area contributed by atoms with Crippen molar-refractivity contribution in [1.29, 1.82) is 0 Å². The van der Waals surface area contributed by atoms with Gasteiger partial charge in [-0.2, -0.15) is 11.3 Å². The summed E-state index contributed by atoms with van der Waals surface area (Å²) in [5.74, 6) is 0.609. The van der Waals surface area contributed by atoms with E-state index in [9.17, 15) is 4.79 Å². The molecule has 2 aromatic rings. The van der Waals surface area contributed by atoms with Gasteiger partial charge in [-0.25, -0.2) is 0 Å². The number of hydrogen-bond acceptors (Lipinski definition) is 2. The van der Waals surface area contributed by atoms with E-state index < -0.39 is 0 Å². The smallest absolute Gasteiger partial charge is 0.224 e. The van der Waals surface area contributed by atoms with Crippen LogP contribution in [0, 0.1) is 0 Å². The van der Waals surface area contributed by atoms with Gasteiger partial charge in [0.05, 0.1) is 6.42 Å². The van der Waals surface area contributed by atoms with E-state index in [2.05, 4.69) is 29.6 Å². The minimum absolute atomic E-state index is 0.131. The van der Waals surface area contributed by atoms with Gasteiger partial charge < -0.3 is 5.32 Å². The Balaban J connectivity index is 1.58. The Morgan fingerprint density at radius 2 is 2.20 bits per heavy atom. The van der Waals surface area contributed by atoms with Crippen LogP contribution < -0.4 is 5.32 Å². The molecule has 0 bridgehead atoms. The van der Waals surface area contributed by atoms with Crippen molar-refractivity contribution in [2.24, 2.45) is 0 Å². The molecule has 1 aromatic carbocycles. The van der Waals surface area contributed by atoms with Gasteiger partial charge in [0.2, 0.25) is 5.91 Å². The quantitative estimate of drug-likeness (QED) is 0.915. The number of hydrogen-bond donors (Lipinski definition) is 1. The molecule has 0 aliphatic heterocycles. The van der Waals surface area contributed by atoms with E-state index in [4.69, 9.17) is 0 Å². The molecule has 20 heavy (non-hydrogen) atoms. The second-order valence-corrected chi connectivity index (χ2v) is 6.18. The highest BCUT2D eigenvalue weighted by atomic mass is 32.1. The standard InChI is InChI=1S/C17H19NOS/c19-17(10-13-8-9-20-12-13)18-11-15-6-3-5-14-4-1-2-7-16(14)15/h1-2,4,7-9,12,15H,3,5-6,10-11H2,(H,18,19). The molecule has 3 rings (SSSR count). The number of aryl methyl sites for hydroxylation is 1. The Labute approximate surface area is 123 Å². The lowest BCUT2D eigenvalue weighted by Gasteiger charge is -2.25. The molecule has 1 N–H and O–H groups in total. The lowest BCUT2D eigenvalue weighted by Crippen LogP contribution is -2.30. The maximum absolute atomic E-state index is 12.0. The number of carbonyl (C=O) groups is 1. The predicted octanol–water partition coefficient (Wildman–Crippen LogP) is 3.53. The molecular formula is C17H19NOS. The van der Waals surface area contributed by atoms with Crippen LogP contribution in [0.4, 0.5) is 0 Å². The van der Waals surface area contributed by atoms with Crippen molar-refractivity contribution in [1.82, 2.24) is 5.32 Å². The fourth-order valence-electron chi connectivity index (χ4n) is 2.94. The minimum Gasteiger partial charge on any atom is -0.355 e. The first-order valence-corrected chi connectivity index (χ1v) is 8.13. The zero-order valence-corrected chi connectivity index (χ0v) is 12.3. The normalized spacial score (nSPS) is 17.5. The van der Waals surface area contributed by atoms with Crippen LogP contribution in [-0.4, -0.2) is 12.5 Å². The van der Waals surface area contributed by atoms with Crippen molar-refractivity contribution in [2.75, 3.05) is 6.54 Å². The molecule has 1 atom stereocenters. The Bertz CT molecular complexity index is 576. The molecule has 0 saturated carbocycles. The zero-order chi connectivity index (χ0) is 13.8. The van der Waals surface area contributed by atoms with Crippen molar-refractivity contribution in [2.45, 2.75) is 31.6 Å². The molecule has 104 valence electrons. The third-order valence-electron chi connectivity index (χ3n) is 3.98. The third-order valence-corrected chi connectivity index (χ3v) is 4.72. The van der Waals surface area contributed by atoms with E-state index in [1.54, 1.807) is 11.3 Å². The summed E-state index contributed by atoms with van der Waals surface area (Å²) in [7, 11) is 0. The first-order valence-electron chi connectivity index (χ1n) is 7.18. The molecule has 1 amide bonds. The van der Waals surface area contributed by atoms with Gasteiger partial charge in [0, 0.05) is 12.5 Å². The molecule has 1 unspecified atom stereocenters. The second kappa shape index (κ2) is 6.23. The van der Waals surface area contributed by atoms with Gasteiger partial charge in [0.25, 0.3) is 0 Å². The molecule has 0 radical (unpaired) electrons. The molecule has 2 nitrogen and oxygen atoms in total. The molecule has 1 aliphatic rings. The summed E-state index contributed by atoms with van der Waals surface area (Å²) in [4.78, 5) is 12.0. The Morgan fingerprint density at radius 1 is 1.30 bits per heavy atom. The van der Waals surface area contributed by atoms with Crippen molar-refractivity contribution >= 4 is 17.2 Å². The summed E-state index contributed by atoms with van der Waals surface area (Å²) in [5.41, 5.74) is 3.99. The maximum Gasteiger partial charge on any atom is 0.224 e. The molecule has 1 heterocycles. The number of amides is 1. The maximum atomic E-state index is 12.0. The van der Waals surface area contributed by atoms with E-state index in [0.717, 1.165) is 12.1 Å². The van der Waals surface area contributed by atoms with Crippen LogP contribution in [0.1, 0.15) is 35.4 Å². The summed E-state index contributed by atoms with van der Waals surface area (Å²) in [6.45, 7) is 0.764. The van der Waals surface area contributed by atoms with Crippen molar-refractivity contribution in [3.8, 4) is 0 Å². The average molecular weight is 285 g/mol. The van der Waals surface area contributed by atoms with Gasteiger partial charge in [-0.3, -0.25) is 4.79 Å². The fraction of sp³-hybridized carbons (Fsp3) is 0.353. The second-order valence-electron chi connectivity index (χ2n) is 5.40. The third kappa shape index (κ3) is 3.10. The summed E-state index contributed by atoms with van der Waals surface area (Å²) in [6, 6.07) is 10.7. The number of fused-ring (bicyclic) bond motifs is 1. The highest BCUT2D eigenvalue weighted by Gasteiger charge is 2.20. The summed E-state index contributed by atoms with van der Waals surface area (Å²) < 4.78 is 0. The molecular weight excluding hydrogens is 266 g/mol. The van der Waals surface area contributed by atoms with Crippen molar-refractivity contribution in [3.63, 3.8) is 0 Å². The number of benzene rings is 1.